The summed E-state index contributed by atoms with van der Waals surface area (Å²) in [6, 6.07) is 4.47. The van der Waals surface area contributed by atoms with E-state index in [1.165, 1.54) is 12.1 Å². The molecule has 1 N–H and O–H groups in total. The second-order valence-corrected chi connectivity index (χ2v) is 6.14. The van der Waals surface area contributed by atoms with Gasteiger partial charge in [0.25, 0.3) is 10.1 Å². The summed E-state index contributed by atoms with van der Waals surface area (Å²) in [5.41, 5.74) is 1.16. The molecule has 0 bridgehead atoms. The van der Waals surface area contributed by atoms with Gasteiger partial charge in [-0.2, -0.15) is 21.6 Å². The number of alkyl halides is 3. The molecule has 1 atom stereocenters. The van der Waals surface area contributed by atoms with E-state index in [1.807, 2.05) is 0 Å². The van der Waals surface area contributed by atoms with Gasteiger partial charge in [0.05, 0.1) is 5.56 Å². The minimum atomic E-state index is -5.11. The molecule has 1 unspecified atom stereocenters. The van der Waals surface area contributed by atoms with Crippen LogP contribution in [0.15, 0.2) is 18.2 Å². The fourth-order valence-electron chi connectivity index (χ4n) is 1.94. The molecule has 0 aliphatic rings. The zero-order valence-corrected chi connectivity index (χ0v) is 12.7. The fraction of sp³-hybridized carbons (Fsp3) is 0.364. The van der Waals surface area contributed by atoms with Crippen LogP contribution >= 0.6 is 0 Å². The molecule has 1 aromatic rings. The van der Waals surface area contributed by atoms with Gasteiger partial charge in [0, 0.05) is 0 Å². The van der Waals surface area contributed by atoms with Crippen LogP contribution in [0.4, 0.5) is 13.2 Å². The van der Waals surface area contributed by atoms with Crippen LogP contribution in [-0.2, 0) is 21.2 Å². The maximum atomic E-state index is 12.7. The zero-order chi connectivity index (χ0) is 17.1. The minimum Gasteiger partial charge on any atom is -0.448 e. The van der Waals surface area contributed by atoms with Gasteiger partial charge in [-0.3, -0.25) is 4.55 Å². The van der Waals surface area contributed by atoms with Crippen molar-refractivity contribution in [3.63, 3.8) is 0 Å². The molecule has 0 radical (unpaired) electrons. The van der Waals surface area contributed by atoms with Gasteiger partial charge in [-0.05, 0) is 11.6 Å². The number of ether oxygens (including phenoxy) is 1. The lowest BCUT2D eigenvalue weighted by molar-refractivity contribution is -0.197. The topological polar surface area (TPSA) is 80.7 Å². The smallest absolute Gasteiger partial charge is 0.426 e. The molecule has 1 aromatic carbocycles. The Morgan fingerprint density at radius 2 is 1.95 bits per heavy atom. The van der Waals surface area contributed by atoms with Crippen LogP contribution in [-0.4, -0.2) is 52.7 Å². The van der Waals surface area contributed by atoms with Crippen LogP contribution in [0.3, 0.4) is 0 Å². The van der Waals surface area contributed by atoms with Crippen molar-refractivity contribution in [2.24, 2.45) is 0 Å². The van der Waals surface area contributed by atoms with Crippen LogP contribution in [0.25, 0.3) is 0 Å². The molecular weight excluding hydrogens is 323 g/mol. The SMILES string of the molecule is BCc1c(B)cccc1C(=O)OC(CS(=O)(=O)O)C(F)(F)F. The van der Waals surface area contributed by atoms with E-state index in [1.54, 1.807) is 21.8 Å². The van der Waals surface area contributed by atoms with Crippen LogP contribution < -0.4 is 5.46 Å². The lowest BCUT2D eigenvalue weighted by Crippen LogP contribution is -2.39. The molecule has 0 heterocycles. The van der Waals surface area contributed by atoms with Gasteiger partial charge in [0.1, 0.15) is 21.4 Å². The van der Waals surface area contributed by atoms with Crippen molar-refractivity contribution in [2.45, 2.75) is 18.6 Å². The van der Waals surface area contributed by atoms with Crippen molar-refractivity contribution in [3.8, 4) is 0 Å². The predicted octanol–water partition coefficient (Wildman–Crippen LogP) is -0.946. The second-order valence-electron chi connectivity index (χ2n) is 4.64. The van der Waals surface area contributed by atoms with Crippen LogP contribution in [0.1, 0.15) is 15.9 Å². The average molecular weight is 336 g/mol. The molecule has 120 valence electrons. The number of hydrogen-bond donors (Lipinski definition) is 1. The molecule has 0 saturated carbocycles. The van der Waals surface area contributed by atoms with Crippen molar-refractivity contribution in [1.29, 1.82) is 0 Å². The highest BCUT2D eigenvalue weighted by Gasteiger charge is 2.45. The van der Waals surface area contributed by atoms with Crippen molar-refractivity contribution in [3.05, 3.63) is 29.3 Å². The van der Waals surface area contributed by atoms with Crippen molar-refractivity contribution >= 4 is 37.2 Å². The summed E-state index contributed by atoms with van der Waals surface area (Å²) in [6.07, 6.45) is -7.64. The quantitative estimate of drug-likeness (QED) is 0.426. The fourth-order valence-corrected chi connectivity index (χ4v) is 2.58. The first-order valence-corrected chi connectivity index (χ1v) is 7.88. The van der Waals surface area contributed by atoms with Crippen molar-refractivity contribution in [2.75, 3.05) is 5.75 Å². The number of rotatable bonds is 5. The van der Waals surface area contributed by atoms with Gasteiger partial charge >= 0.3 is 12.1 Å². The lowest BCUT2D eigenvalue weighted by atomic mass is 9.81. The summed E-state index contributed by atoms with van der Waals surface area (Å²) < 4.78 is 72.3. The van der Waals surface area contributed by atoms with E-state index in [-0.39, 0.29) is 5.56 Å². The highest BCUT2D eigenvalue weighted by Crippen LogP contribution is 2.25. The van der Waals surface area contributed by atoms with E-state index in [2.05, 4.69) is 4.74 Å². The van der Waals surface area contributed by atoms with E-state index in [0.717, 1.165) is 0 Å². The Morgan fingerprint density at radius 1 is 1.36 bits per heavy atom. The maximum Gasteiger partial charge on any atom is 0.426 e. The largest absolute Gasteiger partial charge is 0.448 e. The molecule has 0 saturated heterocycles. The van der Waals surface area contributed by atoms with E-state index in [9.17, 15) is 26.4 Å². The highest BCUT2D eigenvalue weighted by molar-refractivity contribution is 7.85. The van der Waals surface area contributed by atoms with E-state index < -0.39 is 34.1 Å². The molecule has 0 aliphatic carbocycles. The summed E-state index contributed by atoms with van der Waals surface area (Å²) in [4.78, 5) is 11.9. The molecule has 0 aliphatic heterocycles. The minimum absolute atomic E-state index is 0.0629. The van der Waals surface area contributed by atoms with Crippen molar-refractivity contribution in [1.82, 2.24) is 0 Å². The molecule has 0 fully saturated rings. The van der Waals surface area contributed by atoms with Gasteiger partial charge in [-0.1, -0.05) is 23.9 Å². The van der Waals surface area contributed by atoms with E-state index in [4.69, 9.17) is 4.55 Å². The molecule has 5 nitrogen and oxygen atoms in total. The lowest BCUT2D eigenvalue weighted by Gasteiger charge is -2.20. The molecular formula is C11H13B2F3O5S. The first-order valence-electron chi connectivity index (χ1n) is 6.27. The molecule has 22 heavy (non-hydrogen) atoms. The monoisotopic (exact) mass is 336 g/mol. The van der Waals surface area contributed by atoms with Gasteiger partial charge < -0.3 is 4.74 Å². The van der Waals surface area contributed by atoms with Gasteiger partial charge in [-0.15, -0.1) is 0 Å². The first-order chi connectivity index (χ1) is 9.95. The number of benzene rings is 1. The van der Waals surface area contributed by atoms with E-state index >= 15 is 0 Å². The molecule has 0 aromatic heterocycles. The Labute approximate surface area is 127 Å². The highest BCUT2D eigenvalue weighted by atomic mass is 32.2. The van der Waals surface area contributed by atoms with E-state index in [0.29, 0.717) is 17.3 Å². The second kappa shape index (κ2) is 6.74. The maximum absolute atomic E-state index is 12.7. The average Bonchev–Trinajstić information content (AvgIpc) is 2.34. The zero-order valence-electron chi connectivity index (χ0n) is 11.8. The van der Waals surface area contributed by atoms with Crippen LogP contribution in [0.2, 0.25) is 0 Å². The Kier molecular flexibility index (Phi) is 5.69. The Bertz CT molecular complexity index is 660. The van der Waals surface area contributed by atoms with Gasteiger partial charge in [0.2, 0.25) is 6.10 Å². The Morgan fingerprint density at radius 3 is 2.41 bits per heavy atom. The van der Waals surface area contributed by atoms with Gasteiger partial charge in [-0.25, -0.2) is 4.79 Å². The number of carbonyl (C=O) groups excluding carboxylic acids is 1. The summed E-state index contributed by atoms with van der Waals surface area (Å²) in [6.45, 7) is 0. The summed E-state index contributed by atoms with van der Waals surface area (Å²) >= 11 is 0. The Hall–Kier alpha value is -1.48. The molecule has 0 spiro atoms. The molecule has 1 rings (SSSR count). The molecule has 0 amide bonds. The third kappa shape index (κ3) is 5.06. The number of hydrogen-bond acceptors (Lipinski definition) is 4. The summed E-state index contributed by atoms with van der Waals surface area (Å²) in [7, 11) is -1.55. The number of esters is 1. The first kappa shape index (κ1) is 18.6. The van der Waals surface area contributed by atoms with Gasteiger partial charge in [0.15, 0.2) is 0 Å². The standard InChI is InChI=1S/C11H13B2F3O5S/c12-4-7-6(2-1-3-8(7)13)10(17)21-9(11(14,15)16)5-22(18,19)20/h1-3,9H,4-5,12-13H2,(H,18,19,20). The number of halogens is 3. The van der Waals surface area contributed by atoms with Crippen LogP contribution in [0, 0.1) is 0 Å². The van der Waals surface area contributed by atoms with Crippen molar-refractivity contribution < 1.29 is 35.7 Å². The number of carbonyl (C=O) groups is 1. The predicted molar refractivity (Wildman–Crippen MR) is 78.5 cm³/mol. The summed E-state index contributed by atoms with van der Waals surface area (Å²) in [5.74, 6) is -3.03. The third-order valence-corrected chi connectivity index (χ3v) is 3.68. The Balaban J connectivity index is 3.09. The normalized spacial score (nSPS) is 13.6. The molecule has 11 heteroatoms. The third-order valence-electron chi connectivity index (χ3n) is 2.96. The summed E-state index contributed by atoms with van der Waals surface area (Å²) in [5, 5.41) is 0. The van der Waals surface area contributed by atoms with Crippen LogP contribution in [0.5, 0.6) is 0 Å².